The summed E-state index contributed by atoms with van der Waals surface area (Å²) in [5.41, 5.74) is 4.97. The van der Waals surface area contributed by atoms with E-state index >= 15 is 0 Å². The standard InChI is InChI=1S/C7H14ClN3O/c1-7(2,4-12)11-6(8)5(10)3-9/h3,9,11-12H,4,10H2,1-2H3/b6-5+,9-3?. The van der Waals surface area contributed by atoms with Gasteiger partial charge >= 0.3 is 0 Å². The Hall–Kier alpha value is -0.740. The number of allylic oxidation sites excluding steroid dienone is 1. The normalized spacial score (nSPS) is 13.7. The molecule has 0 fully saturated rings. The van der Waals surface area contributed by atoms with Crippen LogP contribution in [0, 0.1) is 5.41 Å². The Morgan fingerprint density at radius 3 is 2.58 bits per heavy atom. The van der Waals surface area contributed by atoms with Crippen molar-refractivity contribution in [3.63, 3.8) is 0 Å². The van der Waals surface area contributed by atoms with Gasteiger partial charge in [0.1, 0.15) is 5.16 Å². The van der Waals surface area contributed by atoms with E-state index in [4.69, 9.17) is 27.9 Å². The number of hydrogen-bond donors (Lipinski definition) is 4. The molecule has 12 heavy (non-hydrogen) atoms. The molecular formula is C7H14ClN3O. The molecule has 0 heterocycles. The second-order valence-corrected chi connectivity index (χ2v) is 3.46. The molecule has 0 amide bonds. The van der Waals surface area contributed by atoms with Crippen LogP contribution in [-0.2, 0) is 0 Å². The van der Waals surface area contributed by atoms with Crippen LogP contribution < -0.4 is 11.1 Å². The van der Waals surface area contributed by atoms with Gasteiger partial charge in [0.05, 0.1) is 17.8 Å². The van der Waals surface area contributed by atoms with Crippen molar-refractivity contribution in [1.82, 2.24) is 5.32 Å². The number of aliphatic hydroxyl groups excluding tert-OH is 1. The molecule has 0 bridgehead atoms. The minimum atomic E-state index is -0.523. The summed E-state index contributed by atoms with van der Waals surface area (Å²) in [5, 5.41) is 18.6. The fraction of sp³-hybridized carbons (Fsp3) is 0.571. The van der Waals surface area contributed by atoms with Gasteiger partial charge in [-0.1, -0.05) is 11.6 Å². The Labute approximate surface area is 76.9 Å². The van der Waals surface area contributed by atoms with Gasteiger partial charge < -0.3 is 21.6 Å². The summed E-state index contributed by atoms with van der Waals surface area (Å²) in [6.45, 7) is 3.48. The molecule has 0 aliphatic heterocycles. The van der Waals surface area contributed by atoms with Crippen molar-refractivity contribution in [1.29, 1.82) is 5.41 Å². The van der Waals surface area contributed by atoms with Crippen LogP contribution in [0.25, 0.3) is 0 Å². The molecule has 0 aromatic heterocycles. The van der Waals surface area contributed by atoms with E-state index in [-0.39, 0.29) is 17.5 Å². The number of aliphatic hydroxyl groups is 1. The van der Waals surface area contributed by atoms with E-state index < -0.39 is 5.54 Å². The predicted octanol–water partition coefficient (Wildman–Crippen LogP) is 0.363. The molecule has 4 nitrogen and oxygen atoms in total. The van der Waals surface area contributed by atoms with Gasteiger partial charge in [0, 0.05) is 6.21 Å². The van der Waals surface area contributed by atoms with Crippen LogP contribution in [-0.4, -0.2) is 23.5 Å². The lowest BCUT2D eigenvalue weighted by Gasteiger charge is -2.24. The Bertz CT molecular complexity index is 201. The summed E-state index contributed by atoms with van der Waals surface area (Å²) in [6, 6.07) is 0. The van der Waals surface area contributed by atoms with Gasteiger partial charge in [-0.15, -0.1) is 0 Å². The maximum Gasteiger partial charge on any atom is 0.127 e. The first-order valence-corrected chi connectivity index (χ1v) is 3.85. The van der Waals surface area contributed by atoms with Crippen molar-refractivity contribution in [2.75, 3.05) is 6.61 Å². The molecule has 70 valence electrons. The van der Waals surface area contributed by atoms with E-state index in [1.54, 1.807) is 13.8 Å². The van der Waals surface area contributed by atoms with Crippen molar-refractivity contribution in [2.45, 2.75) is 19.4 Å². The topological polar surface area (TPSA) is 82.1 Å². The number of rotatable bonds is 4. The van der Waals surface area contributed by atoms with E-state index in [1.165, 1.54) is 0 Å². The second-order valence-electron chi connectivity index (χ2n) is 3.08. The minimum Gasteiger partial charge on any atom is -0.395 e. The van der Waals surface area contributed by atoms with E-state index in [9.17, 15) is 0 Å². The first kappa shape index (κ1) is 11.3. The molecule has 0 saturated carbocycles. The average molecular weight is 192 g/mol. The smallest absolute Gasteiger partial charge is 0.127 e. The molecule has 0 unspecified atom stereocenters. The molecule has 5 N–H and O–H groups in total. The number of hydrogen-bond acceptors (Lipinski definition) is 4. The van der Waals surface area contributed by atoms with Crippen LogP contribution in [0.4, 0.5) is 0 Å². The zero-order valence-corrected chi connectivity index (χ0v) is 7.94. The predicted molar refractivity (Wildman–Crippen MR) is 50.2 cm³/mol. The molecule has 0 spiro atoms. The first-order valence-electron chi connectivity index (χ1n) is 3.47. The molecule has 5 heteroatoms. The highest BCUT2D eigenvalue weighted by Gasteiger charge is 2.16. The van der Waals surface area contributed by atoms with E-state index in [0.717, 1.165) is 6.21 Å². The van der Waals surface area contributed by atoms with Crippen molar-refractivity contribution >= 4 is 17.8 Å². The summed E-state index contributed by atoms with van der Waals surface area (Å²) < 4.78 is 0. The fourth-order valence-corrected chi connectivity index (χ4v) is 0.783. The van der Waals surface area contributed by atoms with E-state index in [2.05, 4.69) is 5.32 Å². The second kappa shape index (κ2) is 4.33. The van der Waals surface area contributed by atoms with Crippen molar-refractivity contribution in [3.05, 3.63) is 10.9 Å². The molecule has 0 aromatic carbocycles. The lowest BCUT2D eigenvalue weighted by atomic mass is 10.1. The highest BCUT2D eigenvalue weighted by Crippen LogP contribution is 2.08. The lowest BCUT2D eigenvalue weighted by molar-refractivity contribution is 0.200. The summed E-state index contributed by atoms with van der Waals surface area (Å²) in [7, 11) is 0. The molecule has 0 saturated heterocycles. The molecule has 0 aliphatic rings. The van der Waals surface area contributed by atoms with Gasteiger partial charge in [-0.05, 0) is 13.8 Å². The van der Waals surface area contributed by atoms with Crippen LogP contribution in [0.3, 0.4) is 0 Å². The summed E-state index contributed by atoms with van der Waals surface area (Å²) in [4.78, 5) is 0. The lowest BCUT2D eigenvalue weighted by Crippen LogP contribution is -2.41. The third-order valence-electron chi connectivity index (χ3n) is 1.25. The molecule has 0 radical (unpaired) electrons. The highest BCUT2D eigenvalue weighted by molar-refractivity contribution is 6.30. The van der Waals surface area contributed by atoms with Gasteiger partial charge in [0.15, 0.2) is 0 Å². The zero-order chi connectivity index (χ0) is 9.78. The maximum absolute atomic E-state index is 8.86. The van der Waals surface area contributed by atoms with Crippen LogP contribution in [0.15, 0.2) is 10.9 Å². The molecule has 0 atom stereocenters. The zero-order valence-electron chi connectivity index (χ0n) is 7.19. The van der Waals surface area contributed by atoms with Crippen LogP contribution in [0.2, 0.25) is 0 Å². The van der Waals surface area contributed by atoms with Gasteiger partial charge in [0.2, 0.25) is 0 Å². The van der Waals surface area contributed by atoms with Crippen LogP contribution >= 0.6 is 11.6 Å². The fourth-order valence-electron chi connectivity index (χ4n) is 0.472. The van der Waals surface area contributed by atoms with Crippen molar-refractivity contribution in [2.24, 2.45) is 5.73 Å². The number of nitrogens with one attached hydrogen (secondary N) is 2. The average Bonchev–Trinajstić information content (AvgIpc) is 2.02. The highest BCUT2D eigenvalue weighted by atomic mass is 35.5. The minimum absolute atomic E-state index is 0.0610. The van der Waals surface area contributed by atoms with Gasteiger partial charge in [-0.25, -0.2) is 0 Å². The third-order valence-corrected chi connectivity index (χ3v) is 1.57. The SMILES string of the molecule is CC(C)(CO)N/C(Cl)=C(/N)C=N. The summed E-state index contributed by atoms with van der Waals surface area (Å²) >= 11 is 5.68. The number of halogens is 1. The van der Waals surface area contributed by atoms with Gasteiger partial charge in [0.25, 0.3) is 0 Å². The number of nitrogens with two attached hydrogens (primary N) is 1. The molecular weight excluding hydrogens is 178 g/mol. The first-order chi connectivity index (χ1) is 5.43. The Balaban J connectivity index is 4.36. The Kier molecular flexibility index (Phi) is 4.06. The monoisotopic (exact) mass is 191 g/mol. The van der Waals surface area contributed by atoms with Crippen molar-refractivity contribution < 1.29 is 5.11 Å². The Morgan fingerprint density at radius 1 is 1.75 bits per heavy atom. The summed E-state index contributed by atoms with van der Waals surface area (Å²) in [6.07, 6.45) is 0.947. The van der Waals surface area contributed by atoms with Crippen LogP contribution in [0.5, 0.6) is 0 Å². The van der Waals surface area contributed by atoms with Gasteiger partial charge in [-0.3, -0.25) is 0 Å². The van der Waals surface area contributed by atoms with Crippen LogP contribution in [0.1, 0.15) is 13.8 Å². The molecule has 0 rings (SSSR count). The van der Waals surface area contributed by atoms with E-state index in [0.29, 0.717) is 0 Å². The Morgan fingerprint density at radius 2 is 2.25 bits per heavy atom. The molecule has 0 aromatic rings. The largest absolute Gasteiger partial charge is 0.395 e. The maximum atomic E-state index is 8.86. The quantitative estimate of drug-likeness (QED) is 0.383. The van der Waals surface area contributed by atoms with E-state index in [1.807, 2.05) is 0 Å². The summed E-state index contributed by atoms with van der Waals surface area (Å²) in [5.74, 6) is 0. The van der Waals surface area contributed by atoms with Gasteiger partial charge in [-0.2, -0.15) is 0 Å². The van der Waals surface area contributed by atoms with Crippen molar-refractivity contribution in [3.8, 4) is 0 Å². The molecule has 0 aliphatic carbocycles. The third kappa shape index (κ3) is 3.59.